The van der Waals surface area contributed by atoms with Gasteiger partial charge in [-0.15, -0.1) is 0 Å². The van der Waals surface area contributed by atoms with Crippen molar-refractivity contribution in [3.8, 4) is 0 Å². The summed E-state index contributed by atoms with van der Waals surface area (Å²) >= 11 is 0. The second-order valence-corrected chi connectivity index (χ2v) is 26.4. The maximum absolute atomic E-state index is 13.2. The summed E-state index contributed by atoms with van der Waals surface area (Å²) in [6.07, 6.45) is 93.5. The van der Waals surface area contributed by atoms with E-state index >= 15 is 0 Å². The molecule has 0 radical (unpaired) electrons. The van der Waals surface area contributed by atoms with Crippen LogP contribution >= 0.6 is 0 Å². The minimum absolute atomic E-state index is 0.138. The number of hydrogen-bond acceptors (Lipinski definition) is 8. The standard InChI is InChI=1S/C81H145NO8/c1-3-5-7-9-11-13-15-17-19-21-23-25-27-29-31-32-33-34-35-36-37-38-39-40-41-42-43-44-45-47-49-51-53-55-57-59-61-63-65-67-69-71-77(85)82-74(73-89-81-80(88)79(87)78(86)76(72-83)90-81)75(84)70-68-66-64-62-60-58-56-54-52-50-48-46-30-28-26-24-22-20-18-16-14-12-10-8-6-4-2/h5,7,11,13,17,19,23,25,29,31,33-34,36-37,39-40,74-76,78-81,83-84,86-88H,3-4,6,8-10,12,14-16,18,20-22,24,26-28,30,32,35,38,41-73H2,1-2H3,(H,82,85)/b7-5-,13-11-,19-17-,25-23-,31-29-,34-33-,37-36-,40-39-. The molecule has 9 heteroatoms. The normalized spacial score (nSPS) is 18.3. The van der Waals surface area contributed by atoms with Gasteiger partial charge in [0.15, 0.2) is 6.29 Å². The molecule has 1 aliphatic heterocycles. The third kappa shape index (κ3) is 56.6. The van der Waals surface area contributed by atoms with Gasteiger partial charge in [0.1, 0.15) is 24.4 Å². The summed E-state index contributed by atoms with van der Waals surface area (Å²) in [7, 11) is 0. The molecule has 0 aromatic rings. The molecule has 1 amide bonds. The molecule has 0 aliphatic carbocycles. The molecule has 0 bridgehead atoms. The van der Waals surface area contributed by atoms with Crippen molar-refractivity contribution >= 4 is 5.91 Å². The summed E-state index contributed by atoms with van der Waals surface area (Å²) in [6, 6.07) is -0.725. The molecule has 1 rings (SSSR count). The van der Waals surface area contributed by atoms with Gasteiger partial charge in [-0.3, -0.25) is 4.79 Å². The van der Waals surface area contributed by atoms with Crippen molar-refractivity contribution in [1.82, 2.24) is 5.32 Å². The number of allylic oxidation sites excluding steroid dienone is 16. The second kappa shape index (κ2) is 69.0. The van der Waals surface area contributed by atoms with E-state index in [1.54, 1.807) is 0 Å². The number of rotatable bonds is 67. The Hall–Kier alpha value is -2.89. The number of aliphatic hydroxyl groups excluding tert-OH is 5. The smallest absolute Gasteiger partial charge is 0.220 e. The van der Waals surface area contributed by atoms with Crippen LogP contribution in [0.5, 0.6) is 0 Å². The lowest BCUT2D eigenvalue weighted by Crippen LogP contribution is -2.60. The Balaban J connectivity index is 2.07. The zero-order valence-electron chi connectivity index (χ0n) is 58.6. The van der Waals surface area contributed by atoms with Crippen LogP contribution in [0, 0.1) is 0 Å². The predicted molar refractivity (Wildman–Crippen MR) is 387 cm³/mol. The summed E-state index contributed by atoms with van der Waals surface area (Å²) in [4.78, 5) is 13.2. The second-order valence-electron chi connectivity index (χ2n) is 26.4. The van der Waals surface area contributed by atoms with E-state index in [0.717, 1.165) is 89.9 Å². The summed E-state index contributed by atoms with van der Waals surface area (Å²) < 4.78 is 11.4. The van der Waals surface area contributed by atoms with Gasteiger partial charge in [-0.25, -0.2) is 0 Å². The molecule has 1 aliphatic rings. The van der Waals surface area contributed by atoms with E-state index in [2.05, 4.69) is 116 Å². The number of carbonyl (C=O) groups is 1. The maximum atomic E-state index is 13.2. The fraction of sp³-hybridized carbons (Fsp3) is 0.790. The molecule has 0 aromatic heterocycles. The number of amides is 1. The lowest BCUT2D eigenvalue weighted by atomic mass is 9.99. The molecule has 0 aromatic carbocycles. The molecule has 7 atom stereocenters. The summed E-state index contributed by atoms with van der Waals surface area (Å²) in [5, 5.41) is 55.0. The minimum Gasteiger partial charge on any atom is -0.394 e. The van der Waals surface area contributed by atoms with Gasteiger partial charge in [-0.05, 0) is 77.0 Å². The Morgan fingerprint density at radius 2 is 0.689 bits per heavy atom. The van der Waals surface area contributed by atoms with E-state index in [4.69, 9.17) is 9.47 Å². The quantitative estimate of drug-likeness (QED) is 0.0261. The van der Waals surface area contributed by atoms with Gasteiger partial charge in [0.2, 0.25) is 5.91 Å². The zero-order valence-corrected chi connectivity index (χ0v) is 58.6. The van der Waals surface area contributed by atoms with Crippen molar-refractivity contribution in [2.45, 2.75) is 397 Å². The van der Waals surface area contributed by atoms with E-state index < -0.39 is 49.5 Å². The van der Waals surface area contributed by atoms with Crippen molar-refractivity contribution in [1.29, 1.82) is 0 Å². The molecular weight excluding hydrogens is 1110 g/mol. The Morgan fingerprint density at radius 3 is 1.02 bits per heavy atom. The van der Waals surface area contributed by atoms with Crippen LogP contribution in [0.25, 0.3) is 0 Å². The Kier molecular flexibility index (Phi) is 65.2. The highest BCUT2D eigenvalue weighted by Crippen LogP contribution is 2.24. The first-order valence-corrected chi connectivity index (χ1v) is 38.4. The highest BCUT2D eigenvalue weighted by atomic mass is 16.7. The van der Waals surface area contributed by atoms with Crippen molar-refractivity contribution in [3.05, 3.63) is 97.2 Å². The highest BCUT2D eigenvalue weighted by Gasteiger charge is 2.44. The average Bonchev–Trinajstić information content (AvgIpc) is 1.28. The Morgan fingerprint density at radius 1 is 0.389 bits per heavy atom. The number of carbonyl (C=O) groups excluding carboxylic acids is 1. The van der Waals surface area contributed by atoms with Crippen molar-refractivity contribution in [2.24, 2.45) is 0 Å². The van der Waals surface area contributed by atoms with Crippen LogP contribution in [-0.2, 0) is 14.3 Å². The predicted octanol–water partition coefficient (Wildman–Crippen LogP) is 21.8. The summed E-state index contributed by atoms with van der Waals surface area (Å²) in [5.41, 5.74) is 0. The van der Waals surface area contributed by atoms with Gasteiger partial charge >= 0.3 is 0 Å². The minimum atomic E-state index is -1.56. The third-order valence-electron chi connectivity index (χ3n) is 18.0. The maximum Gasteiger partial charge on any atom is 0.220 e. The highest BCUT2D eigenvalue weighted by molar-refractivity contribution is 5.76. The van der Waals surface area contributed by atoms with Crippen molar-refractivity contribution < 1.29 is 39.8 Å². The van der Waals surface area contributed by atoms with E-state index in [1.165, 1.54) is 238 Å². The molecule has 0 spiro atoms. The van der Waals surface area contributed by atoms with Crippen LogP contribution in [0.2, 0.25) is 0 Å². The lowest BCUT2D eigenvalue weighted by molar-refractivity contribution is -0.302. The first kappa shape index (κ1) is 85.1. The van der Waals surface area contributed by atoms with Crippen molar-refractivity contribution in [3.63, 3.8) is 0 Å². The fourth-order valence-corrected chi connectivity index (χ4v) is 12.0. The topological polar surface area (TPSA) is 149 Å². The van der Waals surface area contributed by atoms with Gasteiger partial charge in [0.05, 0.1) is 25.4 Å². The number of nitrogens with one attached hydrogen (secondary N) is 1. The van der Waals surface area contributed by atoms with Gasteiger partial charge < -0.3 is 40.3 Å². The molecule has 522 valence electrons. The largest absolute Gasteiger partial charge is 0.394 e. The molecule has 7 unspecified atom stereocenters. The molecule has 9 nitrogen and oxygen atoms in total. The molecule has 1 heterocycles. The number of aliphatic hydroxyl groups is 5. The number of hydrogen-bond donors (Lipinski definition) is 6. The van der Waals surface area contributed by atoms with E-state index in [-0.39, 0.29) is 12.5 Å². The number of ether oxygens (including phenoxy) is 2. The summed E-state index contributed by atoms with van der Waals surface area (Å²) in [6.45, 7) is 3.77. The first-order chi connectivity index (χ1) is 44.3. The summed E-state index contributed by atoms with van der Waals surface area (Å²) in [5.74, 6) is -0.141. The first-order valence-electron chi connectivity index (χ1n) is 38.4. The zero-order chi connectivity index (χ0) is 64.9. The average molecular weight is 1260 g/mol. The lowest BCUT2D eigenvalue weighted by Gasteiger charge is -2.40. The van der Waals surface area contributed by atoms with E-state index in [0.29, 0.717) is 12.8 Å². The van der Waals surface area contributed by atoms with Crippen molar-refractivity contribution in [2.75, 3.05) is 13.2 Å². The molecule has 90 heavy (non-hydrogen) atoms. The number of unbranched alkanes of at least 4 members (excludes halogenated alkanes) is 41. The van der Waals surface area contributed by atoms with Crippen LogP contribution in [0.1, 0.15) is 354 Å². The van der Waals surface area contributed by atoms with E-state index in [9.17, 15) is 30.3 Å². The fourth-order valence-electron chi connectivity index (χ4n) is 12.0. The van der Waals surface area contributed by atoms with Gasteiger partial charge in [0, 0.05) is 6.42 Å². The van der Waals surface area contributed by atoms with Crippen LogP contribution in [0.3, 0.4) is 0 Å². The monoisotopic (exact) mass is 1260 g/mol. The third-order valence-corrected chi connectivity index (χ3v) is 18.0. The van der Waals surface area contributed by atoms with Crippen LogP contribution in [0.15, 0.2) is 97.2 Å². The van der Waals surface area contributed by atoms with Gasteiger partial charge in [-0.1, -0.05) is 368 Å². The molecule has 1 fully saturated rings. The Labute approximate surface area is 555 Å². The van der Waals surface area contributed by atoms with Gasteiger partial charge in [0.25, 0.3) is 0 Å². The SMILES string of the molecule is CC/C=C\C/C=C\C/C=C\C/C=C\C/C=C\C/C=C\C/C=C\C/C=C\CCCCCCCCCCCCCCCCCCC(=O)NC(COC1OC(CO)C(O)C(O)C1O)C(O)CCCCCCCCCCCCCCCCCCCCCCCCCCCC. The van der Waals surface area contributed by atoms with Crippen LogP contribution < -0.4 is 5.32 Å². The Bertz CT molecular complexity index is 1750. The van der Waals surface area contributed by atoms with Crippen LogP contribution in [0.4, 0.5) is 0 Å². The van der Waals surface area contributed by atoms with E-state index in [1.807, 2.05) is 0 Å². The molecule has 1 saturated heterocycles. The molecular formula is C81H145NO8. The molecule has 6 N–H and O–H groups in total. The molecule has 0 saturated carbocycles. The van der Waals surface area contributed by atoms with Crippen LogP contribution in [-0.4, -0.2) is 87.5 Å². The van der Waals surface area contributed by atoms with Gasteiger partial charge in [-0.2, -0.15) is 0 Å².